The normalized spacial score (nSPS) is 20.7. The summed E-state index contributed by atoms with van der Waals surface area (Å²) in [4.78, 5) is 2.42. The van der Waals surface area contributed by atoms with Crippen LogP contribution < -0.4 is 10.6 Å². The van der Waals surface area contributed by atoms with E-state index >= 15 is 0 Å². The largest absolute Gasteiger partial charge is 0.394 e. The van der Waals surface area contributed by atoms with Crippen LogP contribution in [0.15, 0.2) is 0 Å². The highest BCUT2D eigenvalue weighted by Gasteiger charge is 2.25. The van der Waals surface area contributed by atoms with Gasteiger partial charge in [0.1, 0.15) is 0 Å². The molecule has 1 aliphatic heterocycles. The van der Waals surface area contributed by atoms with Crippen LogP contribution in [-0.4, -0.2) is 33.9 Å². The van der Waals surface area contributed by atoms with Crippen molar-refractivity contribution in [3.63, 3.8) is 0 Å². The molecule has 0 radical (unpaired) electrons. The number of aromatic nitrogens is 2. The van der Waals surface area contributed by atoms with E-state index in [1.807, 2.05) is 6.92 Å². The highest BCUT2D eigenvalue weighted by molar-refractivity contribution is 8.00. The molecule has 0 saturated carbocycles. The predicted molar refractivity (Wildman–Crippen MR) is 80.5 cm³/mol. The maximum atomic E-state index is 6.23. The average molecular weight is 268 g/mol. The van der Waals surface area contributed by atoms with Crippen molar-refractivity contribution in [2.45, 2.75) is 45.4 Å². The number of rotatable bonds is 3. The van der Waals surface area contributed by atoms with Crippen molar-refractivity contribution in [1.29, 1.82) is 0 Å². The van der Waals surface area contributed by atoms with Crippen LogP contribution in [0.2, 0.25) is 0 Å². The first-order chi connectivity index (χ1) is 8.54. The average Bonchev–Trinajstić information content (AvgIpc) is 2.66. The van der Waals surface area contributed by atoms with Crippen LogP contribution >= 0.6 is 11.8 Å². The minimum atomic E-state index is 0.352. The summed E-state index contributed by atoms with van der Waals surface area (Å²) in [7, 11) is 0. The molecule has 5 heteroatoms. The van der Waals surface area contributed by atoms with Gasteiger partial charge in [0.2, 0.25) is 0 Å². The first-order valence-electron chi connectivity index (χ1n) is 6.75. The molecule has 102 valence electrons. The van der Waals surface area contributed by atoms with Crippen molar-refractivity contribution in [1.82, 2.24) is 9.78 Å². The van der Waals surface area contributed by atoms with Crippen LogP contribution in [0.5, 0.6) is 0 Å². The second-order valence-corrected chi connectivity index (χ2v) is 6.62. The molecule has 0 aromatic carbocycles. The number of nitrogen functional groups attached to an aromatic ring is 1. The molecule has 2 N–H and O–H groups in total. The van der Waals surface area contributed by atoms with E-state index in [-0.39, 0.29) is 0 Å². The molecule has 0 spiro atoms. The quantitative estimate of drug-likeness (QED) is 0.915. The van der Waals surface area contributed by atoms with Crippen molar-refractivity contribution in [2.24, 2.45) is 0 Å². The number of nitrogens with zero attached hydrogens (tertiary/aromatic N) is 3. The Morgan fingerprint density at radius 1 is 1.50 bits per heavy atom. The van der Waals surface area contributed by atoms with E-state index in [1.165, 1.54) is 12.2 Å². The zero-order valence-electron chi connectivity index (χ0n) is 11.8. The van der Waals surface area contributed by atoms with Crippen molar-refractivity contribution in [2.75, 3.05) is 29.5 Å². The maximum absolute atomic E-state index is 6.23. The van der Waals surface area contributed by atoms with Gasteiger partial charge in [0, 0.05) is 30.1 Å². The molecule has 2 rings (SSSR count). The summed E-state index contributed by atoms with van der Waals surface area (Å²) < 4.78 is 2.08. The monoisotopic (exact) mass is 268 g/mol. The van der Waals surface area contributed by atoms with Gasteiger partial charge in [-0.25, -0.2) is 4.68 Å². The molecule has 0 aliphatic carbocycles. The van der Waals surface area contributed by atoms with Gasteiger partial charge in [0.15, 0.2) is 5.82 Å². The lowest BCUT2D eigenvalue weighted by atomic mass is 10.2. The fraction of sp³-hybridized carbons (Fsp3) is 0.769. The number of thioether (sulfide) groups is 1. The number of hydrogen-bond acceptors (Lipinski definition) is 4. The van der Waals surface area contributed by atoms with Gasteiger partial charge in [0.05, 0.1) is 11.4 Å². The standard InChI is InChI=1S/C13H24N4S/c1-5-11-8-16(6-7-18-11)13-12(14)10(4)15-17(13)9(2)3/h9,11H,5-8,14H2,1-4H3. The summed E-state index contributed by atoms with van der Waals surface area (Å²) in [5.74, 6) is 2.31. The molecule has 1 unspecified atom stereocenters. The summed E-state index contributed by atoms with van der Waals surface area (Å²) in [6.45, 7) is 10.7. The van der Waals surface area contributed by atoms with Crippen LogP contribution in [-0.2, 0) is 0 Å². The van der Waals surface area contributed by atoms with Crippen molar-refractivity contribution in [3.05, 3.63) is 5.69 Å². The fourth-order valence-corrected chi connectivity index (χ4v) is 3.56. The lowest BCUT2D eigenvalue weighted by Crippen LogP contribution is -2.39. The smallest absolute Gasteiger partial charge is 0.150 e. The molecule has 0 amide bonds. The lowest BCUT2D eigenvalue weighted by Gasteiger charge is -2.34. The van der Waals surface area contributed by atoms with Gasteiger partial charge in [-0.3, -0.25) is 0 Å². The molecule has 1 saturated heterocycles. The Morgan fingerprint density at radius 3 is 2.83 bits per heavy atom. The minimum absolute atomic E-state index is 0.352. The van der Waals surface area contributed by atoms with Gasteiger partial charge >= 0.3 is 0 Å². The highest BCUT2D eigenvalue weighted by atomic mass is 32.2. The zero-order chi connectivity index (χ0) is 13.3. The third-order valence-corrected chi connectivity index (χ3v) is 4.86. The van der Waals surface area contributed by atoms with E-state index in [4.69, 9.17) is 5.73 Å². The molecule has 1 aliphatic rings. The predicted octanol–water partition coefficient (Wildman–Crippen LogP) is 2.69. The summed E-state index contributed by atoms with van der Waals surface area (Å²) >= 11 is 2.08. The van der Waals surface area contributed by atoms with E-state index in [0.29, 0.717) is 11.3 Å². The van der Waals surface area contributed by atoms with Gasteiger partial charge in [-0.2, -0.15) is 16.9 Å². The Morgan fingerprint density at radius 2 is 2.22 bits per heavy atom. The zero-order valence-corrected chi connectivity index (χ0v) is 12.6. The Kier molecular flexibility index (Phi) is 4.10. The van der Waals surface area contributed by atoms with Crippen molar-refractivity contribution >= 4 is 23.3 Å². The van der Waals surface area contributed by atoms with E-state index in [0.717, 1.165) is 30.3 Å². The molecule has 2 heterocycles. The van der Waals surface area contributed by atoms with E-state index < -0.39 is 0 Å². The SMILES string of the molecule is CCC1CN(c2c(N)c(C)nn2C(C)C)CCS1. The molecule has 0 bridgehead atoms. The second-order valence-electron chi connectivity index (χ2n) is 5.21. The molecule has 1 aromatic rings. The van der Waals surface area contributed by atoms with Gasteiger partial charge in [-0.15, -0.1) is 0 Å². The Labute approximate surface area is 114 Å². The summed E-state index contributed by atoms with van der Waals surface area (Å²) in [5.41, 5.74) is 8.03. The maximum Gasteiger partial charge on any atom is 0.150 e. The van der Waals surface area contributed by atoms with Crippen LogP contribution in [0, 0.1) is 6.92 Å². The van der Waals surface area contributed by atoms with Crippen LogP contribution in [0.1, 0.15) is 38.9 Å². The number of nitrogens with two attached hydrogens (primary N) is 1. The minimum Gasteiger partial charge on any atom is -0.394 e. The van der Waals surface area contributed by atoms with E-state index in [1.54, 1.807) is 0 Å². The Balaban J connectivity index is 2.31. The van der Waals surface area contributed by atoms with Gasteiger partial charge in [-0.1, -0.05) is 6.92 Å². The number of hydrogen-bond donors (Lipinski definition) is 1. The first kappa shape index (κ1) is 13.6. The van der Waals surface area contributed by atoms with Crippen LogP contribution in [0.3, 0.4) is 0 Å². The number of aryl methyl sites for hydroxylation is 1. The van der Waals surface area contributed by atoms with Crippen molar-refractivity contribution in [3.8, 4) is 0 Å². The molecule has 4 nitrogen and oxygen atoms in total. The number of anilines is 2. The summed E-state index contributed by atoms with van der Waals surface area (Å²) in [6, 6.07) is 0.352. The first-order valence-corrected chi connectivity index (χ1v) is 7.80. The summed E-state index contributed by atoms with van der Waals surface area (Å²) in [5, 5.41) is 5.30. The third-order valence-electron chi connectivity index (χ3n) is 3.49. The Hall–Kier alpha value is -0.840. The topological polar surface area (TPSA) is 47.1 Å². The molecule has 1 aromatic heterocycles. The molecule has 1 atom stereocenters. The van der Waals surface area contributed by atoms with E-state index in [2.05, 4.69) is 47.2 Å². The van der Waals surface area contributed by atoms with Gasteiger partial charge in [0.25, 0.3) is 0 Å². The van der Waals surface area contributed by atoms with Crippen molar-refractivity contribution < 1.29 is 0 Å². The fourth-order valence-electron chi connectivity index (χ4n) is 2.38. The second kappa shape index (κ2) is 5.43. The van der Waals surface area contributed by atoms with Crippen LogP contribution in [0.4, 0.5) is 11.5 Å². The molecular weight excluding hydrogens is 244 g/mol. The van der Waals surface area contributed by atoms with Gasteiger partial charge in [-0.05, 0) is 27.2 Å². The highest BCUT2D eigenvalue weighted by Crippen LogP contribution is 2.33. The molecule has 18 heavy (non-hydrogen) atoms. The van der Waals surface area contributed by atoms with Gasteiger partial charge < -0.3 is 10.6 Å². The third kappa shape index (κ3) is 2.46. The van der Waals surface area contributed by atoms with Crippen LogP contribution in [0.25, 0.3) is 0 Å². The summed E-state index contributed by atoms with van der Waals surface area (Å²) in [6.07, 6.45) is 1.22. The molecular formula is C13H24N4S. The van der Waals surface area contributed by atoms with E-state index in [9.17, 15) is 0 Å². The Bertz CT molecular complexity index is 413. The lowest BCUT2D eigenvalue weighted by molar-refractivity contribution is 0.520. The molecule has 1 fully saturated rings.